The molecule has 8 atom stereocenters. The van der Waals surface area contributed by atoms with Crippen LogP contribution >= 0.6 is 0 Å². The number of amides is 7. The minimum Gasteiger partial charge on any atom is -0.508 e. The molecule has 61 heavy (non-hydrogen) atoms. The minimum absolute atomic E-state index is 0.0256. The van der Waals surface area contributed by atoms with Gasteiger partial charge in [0.05, 0.1) is 26.4 Å². The zero-order chi connectivity index (χ0) is 46.4. The van der Waals surface area contributed by atoms with Gasteiger partial charge in [0.1, 0.15) is 54.1 Å². The molecule has 0 fully saturated rings. The summed E-state index contributed by atoms with van der Waals surface area (Å²) in [7, 11) is 0. The number of carbonyl (C=O) groups excluding carboxylic acids is 7. The number of aliphatic imine (C=N–C) groups is 1. The molecule has 342 valence electrons. The van der Waals surface area contributed by atoms with Crippen LogP contribution in [0.3, 0.4) is 0 Å². The third-order valence-corrected chi connectivity index (χ3v) is 8.64. The van der Waals surface area contributed by atoms with Gasteiger partial charge in [-0.3, -0.25) is 38.6 Å². The van der Waals surface area contributed by atoms with Crippen molar-refractivity contribution in [1.82, 2.24) is 37.2 Å². The van der Waals surface area contributed by atoms with Crippen molar-refractivity contribution in [2.45, 2.75) is 94.8 Å². The van der Waals surface area contributed by atoms with E-state index >= 15 is 0 Å². The molecule has 0 saturated heterocycles. The summed E-state index contributed by atoms with van der Waals surface area (Å²) >= 11 is 0. The molecule has 0 aliphatic rings. The van der Waals surface area contributed by atoms with Gasteiger partial charge in [-0.15, -0.1) is 0 Å². The number of aliphatic carboxylic acids is 1. The molecule has 0 heterocycles. The Bertz CT molecular complexity index is 1680. The maximum absolute atomic E-state index is 13.8. The highest BCUT2D eigenvalue weighted by molar-refractivity contribution is 5.97. The van der Waals surface area contributed by atoms with E-state index in [1.54, 1.807) is 13.8 Å². The zero-order valence-corrected chi connectivity index (χ0v) is 34.0. The van der Waals surface area contributed by atoms with Crippen LogP contribution in [0.4, 0.5) is 0 Å². The van der Waals surface area contributed by atoms with Crippen molar-refractivity contribution < 1.29 is 69.0 Å². The quantitative estimate of drug-likeness (QED) is 0.0222. The van der Waals surface area contributed by atoms with Gasteiger partial charge in [-0.05, 0) is 49.8 Å². The Labute approximate surface area is 350 Å². The molecule has 0 aliphatic carbocycles. The number of benzene rings is 1. The normalized spacial score (nSPS) is 14.9. The number of guanidine groups is 1. The van der Waals surface area contributed by atoms with Gasteiger partial charge in [0.15, 0.2) is 5.96 Å². The molecule has 0 saturated carbocycles. The first-order valence-corrected chi connectivity index (χ1v) is 19.0. The maximum Gasteiger partial charge on any atom is 0.328 e. The first-order valence-electron chi connectivity index (χ1n) is 19.0. The summed E-state index contributed by atoms with van der Waals surface area (Å²) in [6, 6.07) is -6.54. The van der Waals surface area contributed by atoms with Crippen LogP contribution in [0, 0.1) is 5.92 Å². The van der Waals surface area contributed by atoms with E-state index in [2.05, 4.69) is 36.9 Å². The van der Waals surface area contributed by atoms with Gasteiger partial charge in [-0.2, -0.15) is 0 Å². The van der Waals surface area contributed by atoms with Gasteiger partial charge < -0.3 is 85.1 Å². The number of phenols is 1. The van der Waals surface area contributed by atoms with Crippen molar-refractivity contribution >= 4 is 53.3 Å². The van der Waals surface area contributed by atoms with Crippen LogP contribution in [0.2, 0.25) is 0 Å². The predicted octanol–water partition coefficient (Wildman–Crippen LogP) is -7.17. The van der Waals surface area contributed by atoms with E-state index in [9.17, 15) is 63.9 Å². The summed E-state index contributed by atoms with van der Waals surface area (Å²) in [5.41, 5.74) is 16.7. The molecule has 0 aromatic heterocycles. The topological polar surface area (TPSA) is 433 Å². The van der Waals surface area contributed by atoms with Gasteiger partial charge in [-0.25, -0.2) is 4.79 Å². The van der Waals surface area contributed by atoms with E-state index in [0.717, 1.165) is 0 Å². The standard InChI is InChI=1S/C36H59N11O14/c1-17(2)11-23(43-33(58)26(15-50)46-30(55)22(5-4-10-40-36(38)39)42-29(54)21(37)13-48)32(57)44-24(12-19-6-8-20(52)9-7-19)31(56)41-18(3)28(53)45-25(14-49)34(59)47-27(16-51)35(60)61/h6-9,17-18,21-27,48-52H,4-5,10-16,37H2,1-3H3,(H,41,56)(H,42,54)(H,43,58)(H,44,57)(H,45,53)(H,46,55)(H,47,59)(H,60,61)(H4,38,39,40)/t18-,21-,22-,23-,24-,25-,26-,27-/m0/s1. The molecule has 1 rings (SSSR count). The molecule has 25 nitrogen and oxygen atoms in total. The van der Waals surface area contributed by atoms with Crippen LogP contribution in [0.5, 0.6) is 5.75 Å². The van der Waals surface area contributed by atoms with E-state index in [4.69, 9.17) is 22.3 Å². The first kappa shape index (κ1) is 52.9. The number of rotatable bonds is 27. The van der Waals surface area contributed by atoms with Crippen LogP contribution in [0.15, 0.2) is 29.3 Å². The lowest BCUT2D eigenvalue weighted by molar-refractivity contribution is -0.143. The number of aliphatic hydroxyl groups excluding tert-OH is 4. The fourth-order valence-corrected chi connectivity index (χ4v) is 5.25. The first-order chi connectivity index (χ1) is 28.7. The van der Waals surface area contributed by atoms with Gasteiger partial charge in [-0.1, -0.05) is 26.0 Å². The molecule has 0 spiro atoms. The molecule has 0 bridgehead atoms. The van der Waals surface area contributed by atoms with Gasteiger partial charge in [0.25, 0.3) is 0 Å². The second-order valence-electron chi connectivity index (χ2n) is 14.2. The molecule has 0 radical (unpaired) electrons. The number of hydrogen-bond donors (Lipinski definition) is 16. The van der Waals surface area contributed by atoms with Gasteiger partial charge in [0.2, 0.25) is 41.4 Å². The average molecular weight is 870 g/mol. The second-order valence-corrected chi connectivity index (χ2v) is 14.2. The van der Waals surface area contributed by atoms with Gasteiger partial charge >= 0.3 is 5.97 Å². The Morgan fingerprint density at radius 1 is 0.590 bits per heavy atom. The van der Waals surface area contributed by atoms with E-state index in [0.29, 0.717) is 5.56 Å². The summed E-state index contributed by atoms with van der Waals surface area (Å²) in [4.78, 5) is 107. The Morgan fingerprint density at radius 3 is 1.52 bits per heavy atom. The van der Waals surface area contributed by atoms with Crippen LogP contribution in [-0.4, -0.2) is 165 Å². The van der Waals surface area contributed by atoms with E-state index in [1.165, 1.54) is 31.2 Å². The number of aliphatic hydroxyl groups is 4. The highest BCUT2D eigenvalue weighted by atomic mass is 16.4. The summed E-state index contributed by atoms with van der Waals surface area (Å²) in [5, 5.41) is 73.2. The SMILES string of the molecule is CC(C)C[C@H](NC(=O)[C@H](CO)NC(=O)[C@H](CCCN=C(N)N)NC(=O)[C@@H](N)CO)C(=O)N[C@@H](Cc1ccc(O)cc1)C(=O)N[C@@H](C)C(=O)N[C@@H](CO)C(=O)N[C@@H](CO)C(=O)O. The molecule has 0 aliphatic heterocycles. The number of nitrogens with two attached hydrogens (primary N) is 3. The Morgan fingerprint density at radius 2 is 1.03 bits per heavy atom. The Balaban J connectivity index is 3.28. The third-order valence-electron chi connectivity index (χ3n) is 8.64. The average Bonchev–Trinajstić information content (AvgIpc) is 3.20. The highest BCUT2D eigenvalue weighted by Crippen LogP contribution is 2.13. The van der Waals surface area contributed by atoms with Crippen LogP contribution in [0.1, 0.15) is 45.6 Å². The van der Waals surface area contributed by atoms with Crippen molar-refractivity contribution in [2.75, 3.05) is 33.0 Å². The van der Waals surface area contributed by atoms with E-state index < -0.39 is 122 Å². The molecular formula is C36H59N11O14. The largest absolute Gasteiger partial charge is 0.508 e. The third kappa shape index (κ3) is 19.2. The molecule has 0 unspecified atom stereocenters. The Kier molecular flexibility index (Phi) is 23.3. The lowest BCUT2D eigenvalue weighted by Gasteiger charge is -2.27. The smallest absolute Gasteiger partial charge is 0.328 e. The zero-order valence-electron chi connectivity index (χ0n) is 34.0. The fraction of sp³-hybridized carbons (Fsp3) is 0.583. The molecule has 7 amide bonds. The summed E-state index contributed by atoms with van der Waals surface area (Å²) < 4.78 is 0. The number of nitrogens with one attached hydrogen (secondary N) is 7. The molecule has 1 aromatic rings. The molecule has 19 N–H and O–H groups in total. The second kappa shape index (κ2) is 26.8. The number of hydrogen-bond acceptors (Lipinski definition) is 15. The van der Waals surface area contributed by atoms with Crippen molar-refractivity contribution in [3.63, 3.8) is 0 Å². The van der Waals surface area contributed by atoms with Crippen molar-refractivity contribution in [2.24, 2.45) is 28.1 Å². The number of nitrogens with zero attached hydrogens (tertiary/aromatic N) is 1. The number of carboxylic acid groups (broad SMARTS) is 1. The monoisotopic (exact) mass is 869 g/mol. The highest BCUT2D eigenvalue weighted by Gasteiger charge is 2.33. The molecule has 25 heteroatoms. The summed E-state index contributed by atoms with van der Waals surface area (Å²) in [5.74, 6) is -9.03. The van der Waals surface area contributed by atoms with Crippen LogP contribution in [-0.2, 0) is 44.8 Å². The predicted molar refractivity (Wildman–Crippen MR) is 214 cm³/mol. The fourth-order valence-electron chi connectivity index (χ4n) is 5.25. The number of aromatic hydroxyl groups is 1. The molecular weight excluding hydrogens is 810 g/mol. The van der Waals surface area contributed by atoms with Crippen molar-refractivity contribution in [3.05, 3.63) is 29.8 Å². The maximum atomic E-state index is 13.8. The van der Waals surface area contributed by atoms with Crippen LogP contribution < -0.4 is 54.4 Å². The van der Waals surface area contributed by atoms with Gasteiger partial charge in [0, 0.05) is 13.0 Å². The Hall–Kier alpha value is -6.15. The molecule has 1 aromatic carbocycles. The summed E-state index contributed by atoms with van der Waals surface area (Å²) in [6.07, 6.45) is -0.146. The number of carbonyl (C=O) groups is 8. The lowest BCUT2D eigenvalue weighted by Crippen LogP contribution is -2.61. The number of carboxylic acids is 1. The summed E-state index contributed by atoms with van der Waals surface area (Å²) in [6.45, 7) is 1.03. The number of phenolic OH excluding ortho intramolecular Hbond substituents is 1. The van der Waals surface area contributed by atoms with E-state index in [1.807, 2.05) is 5.32 Å². The minimum atomic E-state index is -1.74. The van der Waals surface area contributed by atoms with Crippen LogP contribution in [0.25, 0.3) is 0 Å². The van der Waals surface area contributed by atoms with Crippen molar-refractivity contribution in [3.8, 4) is 5.75 Å². The van der Waals surface area contributed by atoms with E-state index in [-0.39, 0.29) is 49.9 Å². The lowest BCUT2D eigenvalue weighted by atomic mass is 10.0. The van der Waals surface area contributed by atoms with Crippen molar-refractivity contribution in [1.29, 1.82) is 0 Å².